The van der Waals surface area contributed by atoms with Crippen LogP contribution in [-0.2, 0) is 28.6 Å². The first-order chi connectivity index (χ1) is 22.8. The molecule has 3 atom stereocenters. The molecular weight excluding hydrogens is 588 g/mol. The Kier molecular flexibility index (Phi) is 33.1. The topological polar surface area (TPSA) is 78.9 Å². The maximum Gasteiger partial charge on any atom is 0.306 e. The summed E-state index contributed by atoms with van der Waals surface area (Å²) in [4.78, 5) is 37.3. The maximum atomic E-state index is 12.6. The molecule has 0 aromatic heterocycles. The van der Waals surface area contributed by atoms with E-state index in [0.717, 1.165) is 76.0 Å². The third kappa shape index (κ3) is 32.7. The summed E-state index contributed by atoms with van der Waals surface area (Å²) in [5.41, 5.74) is 0. The first-order valence-electron chi connectivity index (χ1n) is 20.3. The third-order valence-electron chi connectivity index (χ3n) is 9.69. The van der Waals surface area contributed by atoms with Crippen molar-refractivity contribution in [1.29, 1.82) is 0 Å². The van der Waals surface area contributed by atoms with Gasteiger partial charge < -0.3 is 14.2 Å². The van der Waals surface area contributed by atoms with Gasteiger partial charge in [-0.1, -0.05) is 176 Å². The Morgan fingerprint density at radius 1 is 0.426 bits per heavy atom. The summed E-state index contributed by atoms with van der Waals surface area (Å²) in [5, 5.41) is 0. The van der Waals surface area contributed by atoms with Crippen molar-refractivity contribution in [3.05, 3.63) is 0 Å². The van der Waals surface area contributed by atoms with E-state index in [1.807, 2.05) is 0 Å². The number of rotatable bonds is 35. The van der Waals surface area contributed by atoms with Crippen LogP contribution in [-0.4, -0.2) is 37.2 Å². The fraction of sp³-hybridized carbons (Fsp3) is 0.927. The van der Waals surface area contributed by atoms with E-state index < -0.39 is 6.10 Å². The van der Waals surface area contributed by atoms with Crippen LogP contribution < -0.4 is 0 Å². The molecule has 6 heteroatoms. The van der Waals surface area contributed by atoms with Crippen molar-refractivity contribution < 1.29 is 28.6 Å². The molecule has 2 unspecified atom stereocenters. The SMILES string of the molecule is CCCCCCCC(=O)OC[C@@H](COC(=O)CCCCCCCCCCCCC(C)CC)OC(=O)CCCCCCCCC(C)CC. The van der Waals surface area contributed by atoms with Gasteiger partial charge in [0.1, 0.15) is 13.2 Å². The summed E-state index contributed by atoms with van der Waals surface area (Å²) in [7, 11) is 0. The summed E-state index contributed by atoms with van der Waals surface area (Å²) in [6.45, 7) is 11.2. The van der Waals surface area contributed by atoms with Crippen molar-refractivity contribution in [3.63, 3.8) is 0 Å². The second-order valence-electron chi connectivity index (χ2n) is 14.4. The lowest BCUT2D eigenvalue weighted by Crippen LogP contribution is -2.30. The first kappa shape index (κ1) is 45.4. The Bertz CT molecular complexity index is 723. The van der Waals surface area contributed by atoms with E-state index in [9.17, 15) is 14.4 Å². The summed E-state index contributed by atoms with van der Waals surface area (Å²) < 4.78 is 16.5. The van der Waals surface area contributed by atoms with E-state index in [1.54, 1.807) is 0 Å². The lowest BCUT2D eigenvalue weighted by atomic mass is 9.99. The molecule has 0 N–H and O–H groups in total. The van der Waals surface area contributed by atoms with Gasteiger partial charge in [0, 0.05) is 19.3 Å². The van der Waals surface area contributed by atoms with Gasteiger partial charge >= 0.3 is 17.9 Å². The molecule has 0 spiro atoms. The second-order valence-corrected chi connectivity index (χ2v) is 14.4. The molecule has 278 valence electrons. The first-order valence-corrected chi connectivity index (χ1v) is 20.3. The molecular formula is C41H78O6. The monoisotopic (exact) mass is 667 g/mol. The lowest BCUT2D eigenvalue weighted by Gasteiger charge is -2.18. The van der Waals surface area contributed by atoms with Crippen molar-refractivity contribution in [2.75, 3.05) is 13.2 Å². The molecule has 0 aromatic rings. The van der Waals surface area contributed by atoms with Crippen LogP contribution in [0.15, 0.2) is 0 Å². The summed E-state index contributed by atoms with van der Waals surface area (Å²) in [6, 6.07) is 0. The number of unbranched alkanes of at least 4 members (excludes halogenated alkanes) is 18. The van der Waals surface area contributed by atoms with Crippen LogP contribution in [0.5, 0.6) is 0 Å². The largest absolute Gasteiger partial charge is 0.462 e. The Balaban J connectivity index is 4.25. The van der Waals surface area contributed by atoms with Crippen molar-refractivity contribution in [3.8, 4) is 0 Å². The van der Waals surface area contributed by atoms with E-state index >= 15 is 0 Å². The van der Waals surface area contributed by atoms with E-state index in [1.165, 1.54) is 96.3 Å². The summed E-state index contributed by atoms with van der Waals surface area (Å²) >= 11 is 0. The zero-order chi connectivity index (χ0) is 34.8. The number of carbonyl (C=O) groups excluding carboxylic acids is 3. The van der Waals surface area contributed by atoms with Gasteiger partial charge in [-0.05, 0) is 31.1 Å². The van der Waals surface area contributed by atoms with E-state index in [-0.39, 0.29) is 31.1 Å². The number of hydrogen-bond acceptors (Lipinski definition) is 6. The van der Waals surface area contributed by atoms with Crippen LogP contribution in [0.4, 0.5) is 0 Å². The Labute approximate surface area is 291 Å². The molecule has 0 heterocycles. The minimum Gasteiger partial charge on any atom is -0.462 e. The molecule has 0 rings (SSSR count). The van der Waals surface area contributed by atoms with Crippen molar-refractivity contribution in [2.45, 2.75) is 221 Å². The van der Waals surface area contributed by atoms with Crippen LogP contribution in [0.3, 0.4) is 0 Å². The van der Waals surface area contributed by atoms with Crippen molar-refractivity contribution in [1.82, 2.24) is 0 Å². The minimum atomic E-state index is -0.758. The quantitative estimate of drug-likeness (QED) is 0.0380. The fourth-order valence-electron chi connectivity index (χ4n) is 5.80. The van der Waals surface area contributed by atoms with Crippen LogP contribution in [0.2, 0.25) is 0 Å². The van der Waals surface area contributed by atoms with Gasteiger partial charge in [-0.25, -0.2) is 0 Å². The van der Waals surface area contributed by atoms with Gasteiger partial charge in [0.15, 0.2) is 6.10 Å². The zero-order valence-corrected chi connectivity index (χ0v) is 31.9. The third-order valence-corrected chi connectivity index (χ3v) is 9.69. The van der Waals surface area contributed by atoms with Gasteiger partial charge in [-0.3, -0.25) is 14.4 Å². The van der Waals surface area contributed by atoms with Crippen LogP contribution in [0, 0.1) is 11.8 Å². The molecule has 0 saturated carbocycles. The maximum absolute atomic E-state index is 12.6. The van der Waals surface area contributed by atoms with Crippen molar-refractivity contribution in [2.24, 2.45) is 11.8 Å². The predicted molar refractivity (Wildman–Crippen MR) is 196 cm³/mol. The van der Waals surface area contributed by atoms with Gasteiger partial charge in [-0.2, -0.15) is 0 Å². The molecule has 0 bridgehead atoms. The van der Waals surface area contributed by atoms with E-state index in [4.69, 9.17) is 14.2 Å². The van der Waals surface area contributed by atoms with Gasteiger partial charge in [-0.15, -0.1) is 0 Å². The average Bonchev–Trinajstić information content (AvgIpc) is 3.07. The van der Waals surface area contributed by atoms with Gasteiger partial charge in [0.05, 0.1) is 0 Å². The molecule has 47 heavy (non-hydrogen) atoms. The summed E-state index contributed by atoms with van der Waals surface area (Å²) in [6.07, 6.45) is 29.7. The Morgan fingerprint density at radius 3 is 1.11 bits per heavy atom. The Hall–Kier alpha value is -1.59. The summed E-state index contributed by atoms with van der Waals surface area (Å²) in [5.74, 6) is 0.798. The molecule has 0 radical (unpaired) electrons. The number of hydrogen-bond donors (Lipinski definition) is 0. The molecule has 0 aliphatic heterocycles. The van der Waals surface area contributed by atoms with Crippen LogP contribution >= 0.6 is 0 Å². The van der Waals surface area contributed by atoms with E-state index in [0.29, 0.717) is 19.3 Å². The highest BCUT2D eigenvalue weighted by Gasteiger charge is 2.19. The highest BCUT2D eigenvalue weighted by molar-refractivity contribution is 5.71. The van der Waals surface area contributed by atoms with Gasteiger partial charge in [0.2, 0.25) is 0 Å². The number of ether oxygens (including phenoxy) is 3. The van der Waals surface area contributed by atoms with Crippen LogP contribution in [0.25, 0.3) is 0 Å². The molecule has 0 aliphatic rings. The van der Waals surface area contributed by atoms with Crippen LogP contribution in [0.1, 0.15) is 214 Å². The molecule has 0 amide bonds. The fourth-order valence-corrected chi connectivity index (χ4v) is 5.80. The molecule has 0 aliphatic carbocycles. The minimum absolute atomic E-state index is 0.0676. The van der Waals surface area contributed by atoms with Crippen molar-refractivity contribution >= 4 is 17.9 Å². The average molecular weight is 667 g/mol. The number of carbonyl (C=O) groups is 3. The standard InChI is InChI=1S/C41H78O6/c1-6-9-10-19-26-31-39(42)45-34-38(47-41(44)33-28-23-18-17-21-25-30-37(5)8-3)35-46-40(43)32-27-22-16-14-12-11-13-15-20-24-29-36(4)7-2/h36-38H,6-35H2,1-5H3/t36?,37?,38-/m0/s1. The Morgan fingerprint density at radius 2 is 0.745 bits per heavy atom. The highest BCUT2D eigenvalue weighted by Crippen LogP contribution is 2.17. The molecule has 0 saturated heterocycles. The molecule has 0 aromatic carbocycles. The number of esters is 3. The molecule has 0 fully saturated rings. The van der Waals surface area contributed by atoms with Gasteiger partial charge in [0.25, 0.3) is 0 Å². The smallest absolute Gasteiger partial charge is 0.306 e. The predicted octanol–water partition coefficient (Wildman–Crippen LogP) is 12.2. The van der Waals surface area contributed by atoms with E-state index in [2.05, 4.69) is 34.6 Å². The zero-order valence-electron chi connectivity index (χ0n) is 31.9. The molecule has 6 nitrogen and oxygen atoms in total. The normalized spacial score (nSPS) is 13.2. The second kappa shape index (κ2) is 34.3. The lowest BCUT2D eigenvalue weighted by molar-refractivity contribution is -0.167. The highest BCUT2D eigenvalue weighted by atomic mass is 16.6.